The molecule has 1 unspecified atom stereocenters. The quantitative estimate of drug-likeness (QED) is 0.277. The van der Waals surface area contributed by atoms with E-state index in [9.17, 15) is 31.9 Å². The molecule has 0 saturated heterocycles. The van der Waals surface area contributed by atoms with Crippen LogP contribution in [-0.4, -0.2) is 22.0 Å². The minimum absolute atomic E-state index is 0.00257. The summed E-state index contributed by atoms with van der Waals surface area (Å²) in [6.07, 6.45) is 2.31. The van der Waals surface area contributed by atoms with E-state index in [1.165, 1.54) is 18.5 Å². The summed E-state index contributed by atoms with van der Waals surface area (Å²) >= 11 is 0. The Balaban J connectivity index is 1.87. The second-order valence-electron chi connectivity index (χ2n) is 8.21. The Hall–Kier alpha value is -3.41. The molecule has 9 heteroatoms. The van der Waals surface area contributed by atoms with Crippen LogP contribution in [0.15, 0.2) is 18.2 Å². The summed E-state index contributed by atoms with van der Waals surface area (Å²) in [7, 11) is 1.50. The Bertz CT molecular complexity index is 1180. The van der Waals surface area contributed by atoms with Gasteiger partial charge in [0.05, 0.1) is 11.1 Å². The maximum absolute atomic E-state index is 13.5. The largest absolute Gasteiger partial charge is 0.419 e. The molecule has 1 atom stereocenters. The number of halogens is 4. The topological polar surface area (TPSA) is 68.2 Å². The van der Waals surface area contributed by atoms with E-state index in [1.807, 2.05) is 0 Å². The van der Waals surface area contributed by atoms with E-state index >= 15 is 0 Å². The van der Waals surface area contributed by atoms with Gasteiger partial charge in [0.15, 0.2) is 0 Å². The zero-order valence-corrected chi connectivity index (χ0v) is 18.3. The molecule has 1 heterocycles. The van der Waals surface area contributed by atoms with Crippen molar-refractivity contribution in [3.05, 3.63) is 52.1 Å². The number of anilines is 1. The molecule has 3 rings (SSSR count). The van der Waals surface area contributed by atoms with Crippen molar-refractivity contribution >= 4 is 23.2 Å². The molecule has 1 aliphatic carbocycles. The number of carbonyl (C=O) groups excluding carboxylic acids is 3. The number of nitrogens with zero attached hydrogens (tertiary/aromatic N) is 1. The van der Waals surface area contributed by atoms with E-state index in [0.29, 0.717) is 17.8 Å². The van der Waals surface area contributed by atoms with Crippen molar-refractivity contribution in [2.75, 3.05) is 5.32 Å². The van der Waals surface area contributed by atoms with Crippen LogP contribution in [0.2, 0.25) is 0 Å². The SMILES string of the molecule is C#CC(CC(=O)C(=O)c1c(C)c(C(=O)Nc2ccc(F)c(C(F)(F)F)c2)n(C)c1C)C1CC1. The minimum atomic E-state index is -4.93. The molecule has 5 nitrogen and oxygen atoms in total. The van der Waals surface area contributed by atoms with Gasteiger partial charge in [-0.25, -0.2) is 4.39 Å². The summed E-state index contributed by atoms with van der Waals surface area (Å²) in [5.41, 5.74) is -1.15. The molecule has 1 N–H and O–H groups in total. The molecular weight excluding hydrogens is 440 g/mol. The van der Waals surface area contributed by atoms with Crippen LogP contribution in [0.5, 0.6) is 0 Å². The Morgan fingerprint density at radius 2 is 1.88 bits per heavy atom. The molecule has 1 saturated carbocycles. The third kappa shape index (κ3) is 4.85. The van der Waals surface area contributed by atoms with Gasteiger partial charge >= 0.3 is 6.18 Å². The summed E-state index contributed by atoms with van der Waals surface area (Å²) in [6, 6.07) is 2.10. The number of ketones is 2. The third-order valence-electron chi connectivity index (χ3n) is 5.97. The zero-order chi connectivity index (χ0) is 24.7. The number of hydrogen-bond donors (Lipinski definition) is 1. The van der Waals surface area contributed by atoms with Crippen molar-refractivity contribution in [2.24, 2.45) is 18.9 Å². The van der Waals surface area contributed by atoms with Crippen LogP contribution in [0, 0.1) is 43.8 Å². The second kappa shape index (κ2) is 8.85. The van der Waals surface area contributed by atoms with Crippen LogP contribution in [0.4, 0.5) is 23.2 Å². The molecule has 0 bridgehead atoms. The fourth-order valence-corrected chi connectivity index (χ4v) is 3.94. The number of aromatic nitrogens is 1. The van der Waals surface area contributed by atoms with Crippen molar-refractivity contribution in [1.29, 1.82) is 0 Å². The number of rotatable bonds is 7. The van der Waals surface area contributed by atoms with Gasteiger partial charge in [-0.3, -0.25) is 14.4 Å². The van der Waals surface area contributed by atoms with Crippen molar-refractivity contribution in [1.82, 2.24) is 4.57 Å². The first-order chi connectivity index (χ1) is 15.4. The lowest BCUT2D eigenvalue weighted by Gasteiger charge is -2.12. The average Bonchev–Trinajstić information content (AvgIpc) is 3.54. The number of hydrogen-bond acceptors (Lipinski definition) is 3. The first-order valence-electron chi connectivity index (χ1n) is 10.2. The predicted molar refractivity (Wildman–Crippen MR) is 113 cm³/mol. The number of terminal acetylenes is 1. The van der Waals surface area contributed by atoms with Gasteiger partial charge < -0.3 is 9.88 Å². The van der Waals surface area contributed by atoms with Gasteiger partial charge in [-0.05, 0) is 56.4 Å². The first-order valence-corrected chi connectivity index (χ1v) is 10.2. The van der Waals surface area contributed by atoms with Crippen molar-refractivity contribution in [2.45, 2.75) is 39.3 Å². The highest BCUT2D eigenvalue weighted by molar-refractivity contribution is 6.44. The lowest BCUT2D eigenvalue weighted by atomic mass is 9.93. The smallest absolute Gasteiger partial charge is 0.343 e. The summed E-state index contributed by atoms with van der Waals surface area (Å²) in [4.78, 5) is 38.3. The molecule has 1 aromatic carbocycles. The molecule has 1 aromatic heterocycles. The van der Waals surface area contributed by atoms with Crippen molar-refractivity contribution < 1.29 is 31.9 Å². The fourth-order valence-electron chi connectivity index (χ4n) is 3.94. The Kier molecular flexibility index (Phi) is 6.50. The van der Waals surface area contributed by atoms with Crippen LogP contribution < -0.4 is 5.32 Å². The van der Waals surface area contributed by atoms with E-state index in [1.54, 1.807) is 6.92 Å². The first kappa shape index (κ1) is 24.2. The van der Waals surface area contributed by atoms with Gasteiger partial charge in [-0.15, -0.1) is 12.3 Å². The van der Waals surface area contributed by atoms with Crippen LogP contribution in [0.3, 0.4) is 0 Å². The number of benzene rings is 1. The van der Waals surface area contributed by atoms with Crippen LogP contribution in [-0.2, 0) is 18.0 Å². The van der Waals surface area contributed by atoms with Crippen molar-refractivity contribution in [3.8, 4) is 12.3 Å². The maximum Gasteiger partial charge on any atom is 0.419 e. The maximum atomic E-state index is 13.5. The van der Waals surface area contributed by atoms with Gasteiger partial charge in [0, 0.05) is 30.8 Å². The lowest BCUT2D eigenvalue weighted by molar-refractivity contribution is -0.139. The molecule has 1 fully saturated rings. The number of alkyl halides is 3. The highest BCUT2D eigenvalue weighted by Crippen LogP contribution is 2.38. The average molecular weight is 462 g/mol. The zero-order valence-electron chi connectivity index (χ0n) is 18.3. The highest BCUT2D eigenvalue weighted by atomic mass is 19.4. The number of carbonyl (C=O) groups is 3. The van der Waals surface area contributed by atoms with E-state index in [0.717, 1.165) is 18.9 Å². The summed E-state index contributed by atoms with van der Waals surface area (Å²) in [6.45, 7) is 3.04. The van der Waals surface area contributed by atoms with Gasteiger partial charge in [-0.1, -0.05) is 0 Å². The van der Waals surface area contributed by atoms with Gasteiger partial charge in [-0.2, -0.15) is 13.2 Å². The highest BCUT2D eigenvalue weighted by Gasteiger charge is 2.36. The molecule has 0 radical (unpaired) electrons. The summed E-state index contributed by atoms with van der Waals surface area (Å²) in [5.74, 6) is -1.19. The second-order valence-corrected chi connectivity index (χ2v) is 8.21. The van der Waals surface area contributed by atoms with Crippen LogP contribution in [0.1, 0.15) is 56.9 Å². The van der Waals surface area contributed by atoms with E-state index < -0.39 is 35.0 Å². The third-order valence-corrected chi connectivity index (χ3v) is 5.97. The van der Waals surface area contributed by atoms with E-state index in [-0.39, 0.29) is 40.8 Å². The number of nitrogens with one attached hydrogen (secondary N) is 1. The number of Topliss-reactive ketones (excluding diaryl/α,β-unsaturated/α-hetero) is 2. The van der Waals surface area contributed by atoms with Crippen LogP contribution in [0.25, 0.3) is 0 Å². The molecule has 33 heavy (non-hydrogen) atoms. The van der Waals surface area contributed by atoms with Gasteiger partial charge in [0.2, 0.25) is 11.6 Å². The Labute approximate surface area is 188 Å². The predicted octanol–water partition coefficient (Wildman–Crippen LogP) is 4.85. The number of amides is 1. The molecule has 2 aromatic rings. The molecule has 1 aliphatic rings. The molecule has 174 valence electrons. The Morgan fingerprint density at radius 1 is 1.24 bits per heavy atom. The van der Waals surface area contributed by atoms with Gasteiger partial charge in [0.25, 0.3) is 5.91 Å². The minimum Gasteiger partial charge on any atom is -0.343 e. The fraction of sp³-hybridized carbons (Fsp3) is 0.375. The van der Waals surface area contributed by atoms with E-state index in [4.69, 9.17) is 6.42 Å². The molecular formula is C24H22F4N2O3. The summed E-state index contributed by atoms with van der Waals surface area (Å²) in [5, 5.41) is 2.30. The lowest BCUT2D eigenvalue weighted by Crippen LogP contribution is -2.20. The standard InChI is InChI=1S/C24H22F4N2O3/c1-5-14(15-6-7-15)10-19(31)22(32)20-12(2)21(30(4)13(20)3)23(33)29-16-8-9-18(25)17(11-16)24(26,27)28/h1,8-9,11,14-15H,6-7,10H2,2-4H3,(H,29,33). The monoisotopic (exact) mass is 462 g/mol. The normalized spacial score (nSPS) is 14.5. The van der Waals surface area contributed by atoms with Crippen LogP contribution >= 0.6 is 0 Å². The van der Waals surface area contributed by atoms with Gasteiger partial charge in [0.1, 0.15) is 11.5 Å². The van der Waals surface area contributed by atoms with E-state index in [2.05, 4.69) is 11.2 Å². The molecule has 1 amide bonds. The molecule has 0 spiro atoms. The summed E-state index contributed by atoms with van der Waals surface area (Å²) < 4.78 is 53.8. The van der Waals surface area contributed by atoms with Crippen molar-refractivity contribution in [3.63, 3.8) is 0 Å². The molecule has 0 aliphatic heterocycles. The Morgan fingerprint density at radius 3 is 2.42 bits per heavy atom.